The molecule has 0 radical (unpaired) electrons. The maximum absolute atomic E-state index is 9.78. The fraction of sp³-hybridized carbons (Fsp3) is 0.538. The van der Waals surface area contributed by atoms with E-state index in [1.807, 2.05) is 24.3 Å². The topological polar surface area (TPSA) is 32.3 Å². The molecule has 1 aromatic carbocycles. The van der Waals surface area contributed by atoms with Gasteiger partial charge in [0.25, 0.3) is 0 Å². The average molecular weight is 274 g/mol. The molecule has 0 aliphatic rings. The molecule has 0 aromatic heterocycles. The van der Waals surface area contributed by atoms with Gasteiger partial charge in [-0.2, -0.15) is 0 Å². The first-order valence-electron chi connectivity index (χ1n) is 5.85. The molecule has 0 fully saturated rings. The Labute approximate surface area is 113 Å². The molecule has 1 atom stereocenters. The van der Waals surface area contributed by atoms with E-state index in [1.54, 1.807) is 11.8 Å². The number of nitrogens with one attached hydrogen (secondary N) is 1. The van der Waals surface area contributed by atoms with E-state index in [0.29, 0.717) is 18.2 Å². The summed E-state index contributed by atoms with van der Waals surface area (Å²) in [6.07, 6.45) is -0.322. The molecule has 0 aliphatic carbocycles. The zero-order valence-corrected chi connectivity index (χ0v) is 11.9. The number of aliphatic hydroxyl groups excluding tert-OH is 1. The standard InChI is InChI=1S/C13H20ClNOS/c1-10(2)7-15-8-12(16)9-17-13-5-3-4-11(14)6-13/h3-6,10,12,15-16H,7-9H2,1-2H3. The predicted octanol–water partition coefficient (Wildman–Crippen LogP) is 3.04. The number of hydrogen-bond donors (Lipinski definition) is 2. The van der Waals surface area contributed by atoms with Crippen LogP contribution in [0.2, 0.25) is 5.02 Å². The summed E-state index contributed by atoms with van der Waals surface area (Å²) in [5.41, 5.74) is 0. The molecule has 0 amide bonds. The van der Waals surface area contributed by atoms with E-state index >= 15 is 0 Å². The molecule has 2 N–H and O–H groups in total. The van der Waals surface area contributed by atoms with Crippen molar-refractivity contribution in [2.75, 3.05) is 18.8 Å². The molecule has 0 heterocycles. The average Bonchev–Trinajstić information content (AvgIpc) is 2.26. The highest BCUT2D eigenvalue weighted by molar-refractivity contribution is 7.99. The summed E-state index contributed by atoms with van der Waals surface area (Å²) in [4.78, 5) is 1.10. The van der Waals surface area contributed by atoms with Gasteiger partial charge in [0.05, 0.1) is 6.10 Å². The molecular formula is C13H20ClNOS. The Morgan fingerprint density at radius 2 is 2.12 bits per heavy atom. The highest BCUT2D eigenvalue weighted by atomic mass is 35.5. The Balaban J connectivity index is 2.21. The second-order valence-electron chi connectivity index (χ2n) is 4.47. The van der Waals surface area contributed by atoms with Gasteiger partial charge in [0.2, 0.25) is 0 Å². The van der Waals surface area contributed by atoms with Crippen LogP contribution in [-0.4, -0.2) is 30.1 Å². The van der Waals surface area contributed by atoms with Crippen molar-refractivity contribution in [1.29, 1.82) is 0 Å². The Hall–Kier alpha value is -0.220. The summed E-state index contributed by atoms with van der Waals surface area (Å²) < 4.78 is 0. The van der Waals surface area contributed by atoms with Crippen molar-refractivity contribution in [3.05, 3.63) is 29.3 Å². The monoisotopic (exact) mass is 273 g/mol. The van der Waals surface area contributed by atoms with Gasteiger partial charge in [0, 0.05) is 22.2 Å². The maximum Gasteiger partial charge on any atom is 0.0758 e. The lowest BCUT2D eigenvalue weighted by Gasteiger charge is -2.12. The van der Waals surface area contributed by atoms with E-state index in [-0.39, 0.29) is 6.10 Å². The Morgan fingerprint density at radius 1 is 1.35 bits per heavy atom. The lowest BCUT2D eigenvalue weighted by Crippen LogP contribution is -2.30. The summed E-state index contributed by atoms with van der Waals surface area (Å²) in [6, 6.07) is 7.70. The van der Waals surface area contributed by atoms with E-state index in [1.165, 1.54) is 0 Å². The number of rotatable bonds is 7. The van der Waals surface area contributed by atoms with Crippen molar-refractivity contribution in [3.8, 4) is 0 Å². The summed E-state index contributed by atoms with van der Waals surface area (Å²) in [6.45, 7) is 5.89. The van der Waals surface area contributed by atoms with E-state index in [2.05, 4.69) is 19.2 Å². The lowest BCUT2D eigenvalue weighted by molar-refractivity contribution is 0.194. The van der Waals surface area contributed by atoms with Gasteiger partial charge in [0.1, 0.15) is 0 Å². The fourth-order valence-electron chi connectivity index (χ4n) is 1.35. The number of benzene rings is 1. The van der Waals surface area contributed by atoms with Gasteiger partial charge >= 0.3 is 0 Å². The van der Waals surface area contributed by atoms with E-state index in [9.17, 15) is 5.11 Å². The normalized spacial score (nSPS) is 13.0. The van der Waals surface area contributed by atoms with Crippen molar-refractivity contribution in [3.63, 3.8) is 0 Å². The van der Waals surface area contributed by atoms with Crippen LogP contribution in [0.1, 0.15) is 13.8 Å². The second kappa shape index (κ2) is 7.98. The first-order valence-corrected chi connectivity index (χ1v) is 7.21. The Bertz CT molecular complexity index is 333. The number of halogens is 1. The van der Waals surface area contributed by atoms with E-state index in [4.69, 9.17) is 11.6 Å². The van der Waals surface area contributed by atoms with Crippen LogP contribution >= 0.6 is 23.4 Å². The highest BCUT2D eigenvalue weighted by Gasteiger charge is 2.05. The molecule has 0 bridgehead atoms. The van der Waals surface area contributed by atoms with Crippen molar-refractivity contribution in [2.45, 2.75) is 24.8 Å². The lowest BCUT2D eigenvalue weighted by atomic mass is 10.2. The highest BCUT2D eigenvalue weighted by Crippen LogP contribution is 2.21. The molecule has 0 saturated carbocycles. The smallest absolute Gasteiger partial charge is 0.0758 e. The minimum absolute atomic E-state index is 0.322. The Kier molecular flexibility index (Phi) is 6.97. The third-order valence-electron chi connectivity index (χ3n) is 2.17. The number of thioether (sulfide) groups is 1. The Morgan fingerprint density at radius 3 is 2.76 bits per heavy atom. The van der Waals surface area contributed by atoms with Crippen LogP contribution in [-0.2, 0) is 0 Å². The van der Waals surface area contributed by atoms with Gasteiger partial charge < -0.3 is 10.4 Å². The third kappa shape index (κ3) is 6.94. The van der Waals surface area contributed by atoms with Crippen molar-refractivity contribution >= 4 is 23.4 Å². The molecule has 0 aliphatic heterocycles. The third-order valence-corrected chi connectivity index (χ3v) is 3.54. The summed E-state index contributed by atoms with van der Waals surface area (Å²) >= 11 is 7.52. The number of aliphatic hydroxyl groups is 1. The summed E-state index contributed by atoms with van der Waals surface area (Å²) in [5, 5.41) is 13.8. The van der Waals surface area contributed by atoms with Crippen LogP contribution < -0.4 is 5.32 Å². The summed E-state index contributed by atoms with van der Waals surface area (Å²) in [5.74, 6) is 1.30. The van der Waals surface area contributed by atoms with Crippen LogP contribution in [0.3, 0.4) is 0 Å². The van der Waals surface area contributed by atoms with Crippen LogP contribution in [0, 0.1) is 5.92 Å². The molecule has 4 heteroatoms. The molecule has 96 valence electrons. The largest absolute Gasteiger partial charge is 0.391 e. The van der Waals surface area contributed by atoms with E-state index in [0.717, 1.165) is 16.5 Å². The van der Waals surface area contributed by atoms with Gasteiger partial charge in [-0.15, -0.1) is 11.8 Å². The van der Waals surface area contributed by atoms with Crippen LogP contribution in [0.5, 0.6) is 0 Å². The van der Waals surface area contributed by atoms with Crippen molar-refractivity contribution in [2.24, 2.45) is 5.92 Å². The fourth-order valence-corrected chi connectivity index (χ4v) is 2.49. The quantitative estimate of drug-likeness (QED) is 0.749. The molecular weight excluding hydrogens is 254 g/mol. The molecule has 0 spiro atoms. The van der Waals surface area contributed by atoms with Crippen molar-refractivity contribution in [1.82, 2.24) is 5.32 Å². The minimum Gasteiger partial charge on any atom is -0.391 e. The van der Waals surface area contributed by atoms with Gasteiger partial charge in [0.15, 0.2) is 0 Å². The van der Waals surface area contributed by atoms with Gasteiger partial charge in [-0.25, -0.2) is 0 Å². The van der Waals surface area contributed by atoms with Gasteiger partial charge in [-0.1, -0.05) is 31.5 Å². The SMILES string of the molecule is CC(C)CNCC(O)CSc1cccc(Cl)c1. The zero-order valence-electron chi connectivity index (χ0n) is 10.3. The first kappa shape index (κ1) is 14.8. The van der Waals surface area contributed by atoms with Crippen molar-refractivity contribution < 1.29 is 5.11 Å². The van der Waals surface area contributed by atoms with Crippen LogP contribution in [0.4, 0.5) is 0 Å². The second-order valence-corrected chi connectivity index (χ2v) is 6.00. The number of hydrogen-bond acceptors (Lipinski definition) is 3. The molecule has 2 nitrogen and oxygen atoms in total. The van der Waals surface area contributed by atoms with Gasteiger partial charge in [-0.3, -0.25) is 0 Å². The van der Waals surface area contributed by atoms with E-state index < -0.39 is 0 Å². The predicted molar refractivity (Wildman–Crippen MR) is 75.9 cm³/mol. The molecule has 1 rings (SSSR count). The van der Waals surface area contributed by atoms with Gasteiger partial charge in [-0.05, 0) is 30.7 Å². The first-order chi connectivity index (χ1) is 8.08. The molecule has 1 aromatic rings. The molecule has 0 saturated heterocycles. The van der Waals surface area contributed by atoms with Crippen LogP contribution in [0.25, 0.3) is 0 Å². The minimum atomic E-state index is -0.322. The van der Waals surface area contributed by atoms with Crippen LogP contribution in [0.15, 0.2) is 29.2 Å². The molecule has 17 heavy (non-hydrogen) atoms. The summed E-state index contributed by atoms with van der Waals surface area (Å²) in [7, 11) is 0. The molecule has 1 unspecified atom stereocenters. The zero-order chi connectivity index (χ0) is 12.7. The maximum atomic E-state index is 9.78.